The molecular weight excluding hydrogens is 432 g/mol. The van der Waals surface area contributed by atoms with Crippen molar-refractivity contribution >= 4 is 28.5 Å². The predicted octanol–water partition coefficient (Wildman–Crippen LogP) is 3.52. The van der Waals surface area contributed by atoms with Crippen molar-refractivity contribution in [3.8, 4) is 22.8 Å². The summed E-state index contributed by atoms with van der Waals surface area (Å²) in [5.74, 6) is 2.22. The molecular formula is C25H26N6O3. The van der Waals surface area contributed by atoms with Crippen LogP contribution >= 0.6 is 0 Å². The standard InChI is InChI=1S/C25H26N6O3/c1-33-23-13-17(3-5-21(23)30-9-6-18(32)14-30)28-24-25-27-7-10-31(25)15-20(29-24)16-2-4-19-22(12-16)34-11-8-26-19/h2-5,7,10,12-13,15,18,26,32H,6,8-9,11,14H2,1H3,(H,28,29)/t18-/m0/s1. The van der Waals surface area contributed by atoms with E-state index >= 15 is 0 Å². The lowest BCUT2D eigenvalue weighted by atomic mass is 10.1. The quantitative estimate of drug-likeness (QED) is 0.418. The molecule has 9 heteroatoms. The summed E-state index contributed by atoms with van der Waals surface area (Å²) in [7, 11) is 1.66. The Balaban J connectivity index is 1.35. The smallest absolute Gasteiger partial charge is 0.180 e. The molecule has 3 N–H and O–H groups in total. The predicted molar refractivity (Wildman–Crippen MR) is 132 cm³/mol. The zero-order chi connectivity index (χ0) is 23.1. The number of anilines is 4. The Morgan fingerprint density at radius 2 is 2.18 bits per heavy atom. The SMILES string of the molecule is COc1cc(Nc2nc(-c3ccc4c(c3)OCCN4)cn3ccnc23)ccc1N1CC[C@H](O)C1. The second-order valence-corrected chi connectivity index (χ2v) is 8.52. The fourth-order valence-electron chi connectivity index (χ4n) is 4.56. The summed E-state index contributed by atoms with van der Waals surface area (Å²) in [6.07, 6.45) is 6.10. The lowest BCUT2D eigenvalue weighted by Crippen LogP contribution is -2.21. The van der Waals surface area contributed by atoms with Crippen molar-refractivity contribution in [1.82, 2.24) is 14.4 Å². The van der Waals surface area contributed by atoms with Gasteiger partial charge in [0, 0.05) is 55.5 Å². The number of nitrogens with one attached hydrogen (secondary N) is 2. The fraction of sp³-hybridized carbons (Fsp3) is 0.280. The highest BCUT2D eigenvalue weighted by molar-refractivity contribution is 5.77. The number of hydrogen-bond donors (Lipinski definition) is 3. The Morgan fingerprint density at radius 3 is 3.03 bits per heavy atom. The van der Waals surface area contributed by atoms with Crippen LogP contribution in [-0.2, 0) is 0 Å². The van der Waals surface area contributed by atoms with E-state index in [4.69, 9.17) is 14.5 Å². The van der Waals surface area contributed by atoms with Gasteiger partial charge in [0.15, 0.2) is 11.5 Å². The number of imidazole rings is 1. The third kappa shape index (κ3) is 3.73. The highest BCUT2D eigenvalue weighted by Gasteiger charge is 2.23. The van der Waals surface area contributed by atoms with E-state index in [1.807, 2.05) is 53.2 Å². The number of ether oxygens (including phenoxy) is 2. The van der Waals surface area contributed by atoms with Gasteiger partial charge < -0.3 is 34.5 Å². The molecule has 0 saturated carbocycles. The van der Waals surface area contributed by atoms with E-state index in [1.165, 1.54) is 0 Å². The molecule has 2 aliphatic rings. The molecule has 0 spiro atoms. The minimum Gasteiger partial charge on any atom is -0.495 e. The maximum absolute atomic E-state index is 9.92. The summed E-state index contributed by atoms with van der Waals surface area (Å²) in [5, 5.41) is 16.7. The molecule has 1 atom stereocenters. The Bertz CT molecular complexity index is 1350. The molecule has 0 unspecified atom stereocenters. The van der Waals surface area contributed by atoms with Gasteiger partial charge in [-0.15, -0.1) is 0 Å². The van der Waals surface area contributed by atoms with E-state index in [0.717, 1.165) is 65.0 Å². The molecule has 2 aromatic carbocycles. The number of β-amino-alcohol motifs (C(OH)–C–C–N with tert-alkyl or cyclic N) is 1. The van der Waals surface area contributed by atoms with E-state index < -0.39 is 0 Å². The van der Waals surface area contributed by atoms with Crippen LogP contribution < -0.4 is 25.0 Å². The van der Waals surface area contributed by atoms with Crippen LogP contribution in [-0.4, -0.2) is 58.9 Å². The molecule has 0 aliphatic carbocycles. The monoisotopic (exact) mass is 458 g/mol. The number of aliphatic hydroxyl groups excluding tert-OH is 1. The summed E-state index contributed by atoms with van der Waals surface area (Å²) in [5.41, 5.74) is 5.30. The summed E-state index contributed by atoms with van der Waals surface area (Å²) in [6.45, 7) is 2.87. The van der Waals surface area contributed by atoms with Crippen LogP contribution in [0.1, 0.15) is 6.42 Å². The Labute approximate surface area is 197 Å². The first-order chi connectivity index (χ1) is 16.7. The molecule has 4 heterocycles. The summed E-state index contributed by atoms with van der Waals surface area (Å²) in [4.78, 5) is 11.5. The van der Waals surface area contributed by atoms with E-state index in [-0.39, 0.29) is 6.10 Å². The summed E-state index contributed by atoms with van der Waals surface area (Å²) in [6, 6.07) is 12.0. The third-order valence-corrected chi connectivity index (χ3v) is 6.27. The van der Waals surface area contributed by atoms with Crippen LogP contribution in [0, 0.1) is 0 Å². The van der Waals surface area contributed by atoms with Crippen molar-refractivity contribution in [2.45, 2.75) is 12.5 Å². The van der Waals surface area contributed by atoms with Crippen molar-refractivity contribution in [1.29, 1.82) is 0 Å². The van der Waals surface area contributed by atoms with Crippen LogP contribution in [0.2, 0.25) is 0 Å². The zero-order valence-corrected chi connectivity index (χ0v) is 18.9. The first kappa shape index (κ1) is 20.6. The number of rotatable bonds is 5. The highest BCUT2D eigenvalue weighted by Crippen LogP contribution is 2.36. The lowest BCUT2D eigenvalue weighted by molar-refractivity contribution is 0.198. The van der Waals surface area contributed by atoms with Crippen molar-refractivity contribution in [3.05, 3.63) is 55.0 Å². The summed E-state index contributed by atoms with van der Waals surface area (Å²) >= 11 is 0. The average molecular weight is 459 g/mol. The maximum atomic E-state index is 9.92. The van der Waals surface area contributed by atoms with Crippen LogP contribution in [0.3, 0.4) is 0 Å². The molecule has 4 aromatic rings. The number of fused-ring (bicyclic) bond motifs is 2. The fourth-order valence-corrected chi connectivity index (χ4v) is 4.56. The third-order valence-electron chi connectivity index (χ3n) is 6.27. The van der Waals surface area contributed by atoms with E-state index in [1.54, 1.807) is 13.3 Å². The van der Waals surface area contributed by atoms with E-state index in [2.05, 4.69) is 20.5 Å². The van der Waals surface area contributed by atoms with Gasteiger partial charge in [-0.2, -0.15) is 0 Å². The lowest BCUT2D eigenvalue weighted by Gasteiger charge is -2.21. The van der Waals surface area contributed by atoms with Crippen molar-refractivity contribution in [2.75, 3.05) is 48.9 Å². The second kappa shape index (κ2) is 8.42. The number of benzene rings is 2. The Hall–Kier alpha value is -3.98. The molecule has 1 saturated heterocycles. The average Bonchev–Trinajstić information content (AvgIpc) is 3.52. The van der Waals surface area contributed by atoms with Crippen LogP contribution in [0.4, 0.5) is 22.9 Å². The highest BCUT2D eigenvalue weighted by atomic mass is 16.5. The van der Waals surface area contributed by atoms with Gasteiger partial charge in [0.1, 0.15) is 18.1 Å². The number of aromatic nitrogens is 3. The normalized spacial score (nSPS) is 17.2. The van der Waals surface area contributed by atoms with E-state index in [0.29, 0.717) is 19.0 Å². The van der Waals surface area contributed by atoms with Crippen molar-refractivity contribution in [3.63, 3.8) is 0 Å². The molecule has 2 aliphatic heterocycles. The molecule has 0 bridgehead atoms. The topological polar surface area (TPSA) is 96.2 Å². The van der Waals surface area contributed by atoms with Crippen LogP contribution in [0.15, 0.2) is 55.0 Å². The number of methoxy groups -OCH3 is 1. The van der Waals surface area contributed by atoms with Gasteiger partial charge in [-0.3, -0.25) is 0 Å². The molecule has 1 fully saturated rings. The van der Waals surface area contributed by atoms with Crippen LogP contribution in [0.25, 0.3) is 16.9 Å². The van der Waals surface area contributed by atoms with Gasteiger partial charge in [-0.1, -0.05) is 6.07 Å². The first-order valence-corrected chi connectivity index (χ1v) is 11.4. The molecule has 9 nitrogen and oxygen atoms in total. The van der Waals surface area contributed by atoms with E-state index in [9.17, 15) is 5.11 Å². The van der Waals surface area contributed by atoms with Gasteiger partial charge in [-0.05, 0) is 30.7 Å². The number of nitrogens with zero attached hydrogens (tertiary/aromatic N) is 4. The van der Waals surface area contributed by atoms with Gasteiger partial charge in [0.05, 0.1) is 30.3 Å². The maximum Gasteiger partial charge on any atom is 0.180 e. The molecule has 0 radical (unpaired) electrons. The Kier molecular flexibility index (Phi) is 5.10. The zero-order valence-electron chi connectivity index (χ0n) is 18.9. The van der Waals surface area contributed by atoms with Crippen LogP contribution in [0.5, 0.6) is 11.5 Å². The van der Waals surface area contributed by atoms with Gasteiger partial charge in [0.25, 0.3) is 0 Å². The molecule has 2 aromatic heterocycles. The van der Waals surface area contributed by atoms with Gasteiger partial charge >= 0.3 is 0 Å². The molecule has 174 valence electrons. The largest absolute Gasteiger partial charge is 0.495 e. The molecule has 0 amide bonds. The molecule has 6 rings (SSSR count). The molecule has 34 heavy (non-hydrogen) atoms. The number of aliphatic hydroxyl groups is 1. The Morgan fingerprint density at radius 1 is 1.24 bits per heavy atom. The van der Waals surface area contributed by atoms with Crippen molar-refractivity contribution in [2.24, 2.45) is 0 Å². The minimum atomic E-state index is -0.298. The van der Waals surface area contributed by atoms with Gasteiger partial charge in [-0.25, -0.2) is 9.97 Å². The van der Waals surface area contributed by atoms with Gasteiger partial charge in [0.2, 0.25) is 0 Å². The second-order valence-electron chi connectivity index (χ2n) is 8.52. The summed E-state index contributed by atoms with van der Waals surface area (Å²) < 4.78 is 13.4. The first-order valence-electron chi connectivity index (χ1n) is 11.4. The number of hydrogen-bond acceptors (Lipinski definition) is 8. The minimum absolute atomic E-state index is 0.298. The van der Waals surface area contributed by atoms with Crippen molar-refractivity contribution < 1.29 is 14.6 Å².